The molecule has 1 nitrogen and oxygen atoms in total. The lowest BCUT2D eigenvalue weighted by molar-refractivity contribution is 0.0511. The van der Waals surface area contributed by atoms with Gasteiger partial charge >= 0.3 is 0 Å². The fraction of sp³-hybridized carbons (Fsp3) is 0.667. The lowest BCUT2D eigenvalue weighted by Crippen LogP contribution is -2.21. The van der Waals surface area contributed by atoms with Gasteiger partial charge in [-0.25, -0.2) is 0 Å². The van der Waals surface area contributed by atoms with Crippen LogP contribution in [0.4, 0.5) is 0 Å². The quantitative estimate of drug-likeness (QED) is 0.524. The molecule has 0 spiro atoms. The summed E-state index contributed by atoms with van der Waals surface area (Å²) in [6.07, 6.45) is 0.644. The number of alkyl halides is 1. The van der Waals surface area contributed by atoms with Gasteiger partial charge in [0.15, 0.2) is 0 Å². The van der Waals surface area contributed by atoms with Crippen molar-refractivity contribution >= 4 is 59.1 Å². The minimum absolute atomic E-state index is 0.301. The second-order valence-corrected chi connectivity index (χ2v) is 9.40. The molecule has 17 heavy (non-hydrogen) atoms. The smallest absolute Gasteiger partial charge is 0.0753 e. The number of hydrogen-bond acceptors (Lipinski definition) is 2. The van der Waals surface area contributed by atoms with Gasteiger partial charge in [-0.05, 0) is 63.3 Å². The van der Waals surface area contributed by atoms with Gasteiger partial charge in [0.2, 0.25) is 0 Å². The Bertz CT molecular complexity index is 406. The number of halogens is 3. The van der Waals surface area contributed by atoms with E-state index in [4.69, 9.17) is 4.74 Å². The van der Waals surface area contributed by atoms with Gasteiger partial charge in [0.05, 0.1) is 19.8 Å². The molecular formula is C12H15Br3OS. The molecule has 0 aromatic carbocycles. The van der Waals surface area contributed by atoms with E-state index in [0.717, 1.165) is 3.79 Å². The number of ether oxygens (including phenoxy) is 1. The van der Waals surface area contributed by atoms with Crippen LogP contribution in [-0.2, 0) is 4.74 Å². The molecule has 1 aromatic rings. The fourth-order valence-corrected chi connectivity index (χ4v) is 7.21. The number of rotatable bonds is 2. The molecule has 5 atom stereocenters. The first kappa shape index (κ1) is 14.5. The Hall–Kier alpha value is 1.10. The number of hydrogen-bond donors (Lipinski definition) is 0. The van der Waals surface area contributed by atoms with Gasteiger partial charge in [-0.2, -0.15) is 0 Å². The van der Waals surface area contributed by atoms with Crippen LogP contribution in [0.15, 0.2) is 13.6 Å². The molecule has 5 heteroatoms. The minimum Gasteiger partial charge on any atom is -0.375 e. The van der Waals surface area contributed by atoms with Crippen molar-refractivity contribution in [2.24, 2.45) is 11.8 Å². The Morgan fingerprint density at radius 1 is 1.24 bits per heavy atom. The molecule has 0 saturated carbocycles. The first-order valence-corrected chi connectivity index (χ1v) is 8.98. The van der Waals surface area contributed by atoms with E-state index in [-0.39, 0.29) is 0 Å². The Labute approximate surface area is 132 Å². The van der Waals surface area contributed by atoms with Gasteiger partial charge in [-0.1, -0.05) is 22.9 Å². The normalized spacial score (nSPS) is 35.2. The van der Waals surface area contributed by atoms with Crippen LogP contribution in [0, 0.1) is 11.8 Å². The van der Waals surface area contributed by atoms with Gasteiger partial charge < -0.3 is 4.74 Å². The van der Waals surface area contributed by atoms with Crippen LogP contribution in [0.3, 0.4) is 0 Å². The van der Waals surface area contributed by atoms with E-state index < -0.39 is 0 Å². The Morgan fingerprint density at radius 3 is 2.29 bits per heavy atom. The largest absolute Gasteiger partial charge is 0.375 e. The van der Waals surface area contributed by atoms with Crippen molar-refractivity contribution in [2.45, 2.75) is 37.8 Å². The standard InChI is InChI=1S/C12H15Br3OS/c1-5-6(2)16-7(3)10(5)11(14)8-4-9(13)17-12(8)15/h4-7,10-11H,1-3H3. The third kappa shape index (κ3) is 2.83. The van der Waals surface area contributed by atoms with Crippen LogP contribution in [0.2, 0.25) is 0 Å². The van der Waals surface area contributed by atoms with Gasteiger partial charge in [-0.3, -0.25) is 0 Å². The van der Waals surface area contributed by atoms with Gasteiger partial charge in [-0.15, -0.1) is 11.3 Å². The predicted octanol–water partition coefficient (Wildman–Crippen LogP) is 5.77. The first-order valence-electron chi connectivity index (χ1n) is 5.66. The summed E-state index contributed by atoms with van der Waals surface area (Å²) in [5, 5.41) is 0. The molecule has 0 amide bonds. The molecule has 1 aliphatic rings. The van der Waals surface area contributed by atoms with Crippen LogP contribution >= 0.6 is 59.1 Å². The van der Waals surface area contributed by atoms with Gasteiger partial charge in [0.1, 0.15) is 0 Å². The molecule has 96 valence electrons. The highest BCUT2D eigenvalue weighted by Crippen LogP contribution is 2.49. The highest BCUT2D eigenvalue weighted by Gasteiger charge is 2.42. The molecule has 1 saturated heterocycles. The maximum absolute atomic E-state index is 5.92. The van der Waals surface area contributed by atoms with E-state index in [1.54, 1.807) is 11.3 Å². The number of thiophene rings is 1. The van der Waals surface area contributed by atoms with Crippen LogP contribution in [0.25, 0.3) is 0 Å². The Morgan fingerprint density at radius 2 is 1.88 bits per heavy atom. The predicted molar refractivity (Wildman–Crippen MR) is 84.1 cm³/mol. The summed E-state index contributed by atoms with van der Waals surface area (Å²) in [5.74, 6) is 1.09. The van der Waals surface area contributed by atoms with E-state index in [1.807, 2.05) is 0 Å². The highest BCUT2D eigenvalue weighted by molar-refractivity contribution is 9.12. The summed E-state index contributed by atoms with van der Waals surface area (Å²) >= 11 is 12.8. The van der Waals surface area contributed by atoms with Crippen molar-refractivity contribution in [2.75, 3.05) is 0 Å². The van der Waals surface area contributed by atoms with Crippen molar-refractivity contribution in [3.8, 4) is 0 Å². The van der Waals surface area contributed by atoms with Crippen LogP contribution in [0.1, 0.15) is 31.2 Å². The third-order valence-electron chi connectivity index (χ3n) is 3.64. The van der Waals surface area contributed by atoms with Gasteiger partial charge in [0.25, 0.3) is 0 Å². The van der Waals surface area contributed by atoms with E-state index in [1.165, 1.54) is 9.35 Å². The fourth-order valence-electron chi connectivity index (χ4n) is 2.55. The molecule has 1 fully saturated rings. The third-order valence-corrected chi connectivity index (χ3v) is 7.13. The zero-order chi connectivity index (χ0) is 12.7. The molecule has 0 aliphatic carbocycles. The highest BCUT2D eigenvalue weighted by atomic mass is 79.9. The summed E-state index contributed by atoms with van der Waals surface area (Å²) < 4.78 is 8.28. The van der Waals surface area contributed by atoms with Crippen LogP contribution < -0.4 is 0 Å². The summed E-state index contributed by atoms with van der Waals surface area (Å²) in [7, 11) is 0. The van der Waals surface area contributed by atoms with Crippen LogP contribution in [-0.4, -0.2) is 12.2 Å². The van der Waals surface area contributed by atoms with E-state index >= 15 is 0 Å². The van der Waals surface area contributed by atoms with Crippen molar-refractivity contribution in [1.29, 1.82) is 0 Å². The van der Waals surface area contributed by atoms with Crippen LogP contribution in [0.5, 0.6) is 0 Å². The average molecular weight is 447 g/mol. The monoisotopic (exact) mass is 444 g/mol. The minimum atomic E-state index is 0.301. The second kappa shape index (κ2) is 5.61. The van der Waals surface area contributed by atoms with Gasteiger partial charge in [0, 0.05) is 10.7 Å². The molecule has 2 rings (SSSR count). The van der Waals surface area contributed by atoms with Crippen molar-refractivity contribution in [3.63, 3.8) is 0 Å². The topological polar surface area (TPSA) is 9.23 Å². The van der Waals surface area contributed by atoms with Crippen molar-refractivity contribution in [1.82, 2.24) is 0 Å². The molecule has 0 bridgehead atoms. The first-order chi connectivity index (χ1) is 7.91. The lowest BCUT2D eigenvalue weighted by atomic mass is 9.85. The summed E-state index contributed by atoms with van der Waals surface area (Å²) in [4.78, 5) is 0.342. The molecule has 1 aromatic heterocycles. The Balaban J connectivity index is 2.25. The van der Waals surface area contributed by atoms with E-state index in [9.17, 15) is 0 Å². The Kier molecular flexibility index (Phi) is 4.79. The van der Waals surface area contributed by atoms with Crippen molar-refractivity contribution in [3.05, 3.63) is 19.2 Å². The lowest BCUT2D eigenvalue weighted by Gasteiger charge is -2.24. The summed E-state index contributed by atoms with van der Waals surface area (Å²) in [5.41, 5.74) is 1.32. The molecule has 0 radical (unpaired) electrons. The van der Waals surface area contributed by atoms with E-state index in [2.05, 4.69) is 74.6 Å². The molecule has 5 unspecified atom stereocenters. The zero-order valence-electron chi connectivity index (χ0n) is 9.91. The van der Waals surface area contributed by atoms with E-state index in [0.29, 0.717) is 28.9 Å². The zero-order valence-corrected chi connectivity index (χ0v) is 15.5. The molecule has 1 aliphatic heterocycles. The average Bonchev–Trinajstić information content (AvgIpc) is 2.68. The van der Waals surface area contributed by atoms with Crippen molar-refractivity contribution < 1.29 is 4.74 Å². The SMILES string of the molecule is CC1OC(C)C(C(Br)c2cc(Br)sc2Br)C1C. The summed E-state index contributed by atoms with van der Waals surface area (Å²) in [6, 6.07) is 2.19. The maximum Gasteiger partial charge on any atom is 0.0753 e. The second-order valence-electron chi connectivity index (χ2n) is 4.66. The summed E-state index contributed by atoms with van der Waals surface area (Å²) in [6.45, 7) is 6.62. The molecular weight excluding hydrogens is 432 g/mol. The maximum atomic E-state index is 5.92. The molecule has 2 heterocycles. The molecule has 0 N–H and O–H groups in total.